The Kier molecular flexibility index (Phi) is 7.32. The molecule has 0 unspecified atom stereocenters. The smallest absolute Gasteiger partial charge is 0.387 e. The van der Waals surface area contributed by atoms with E-state index in [-0.39, 0.29) is 5.75 Å². The lowest BCUT2D eigenvalue weighted by atomic mass is 10.2. The van der Waals surface area contributed by atoms with Crippen molar-refractivity contribution in [2.24, 2.45) is 0 Å². The van der Waals surface area contributed by atoms with Crippen molar-refractivity contribution in [1.29, 1.82) is 0 Å². The summed E-state index contributed by atoms with van der Waals surface area (Å²) in [5.41, 5.74) is 1.40. The minimum Gasteiger partial charge on any atom is -0.496 e. The number of nitrogens with two attached hydrogens (primary N) is 1. The van der Waals surface area contributed by atoms with Crippen LogP contribution in [0, 0.1) is 0 Å². The van der Waals surface area contributed by atoms with E-state index in [1.807, 2.05) is 0 Å². The van der Waals surface area contributed by atoms with E-state index in [0.29, 0.717) is 44.7 Å². The van der Waals surface area contributed by atoms with E-state index in [9.17, 15) is 17.6 Å². The zero-order valence-electron chi connectivity index (χ0n) is 15.5. The van der Waals surface area contributed by atoms with Crippen LogP contribution in [0.3, 0.4) is 0 Å². The minimum absolute atomic E-state index is 0.0221. The molecular weight excluding hydrogens is 444 g/mol. The number of methoxy groups -OCH3 is 1. The van der Waals surface area contributed by atoms with Crippen LogP contribution in [-0.2, 0) is 5.75 Å². The Bertz CT molecular complexity index is 987. The highest BCUT2D eigenvalue weighted by atomic mass is 32.2. The molecule has 160 valence electrons. The normalized spacial score (nSPS) is 11.3. The summed E-state index contributed by atoms with van der Waals surface area (Å²) in [6.45, 7) is -2.90. The van der Waals surface area contributed by atoms with Crippen LogP contribution in [0.4, 0.5) is 17.6 Å². The molecule has 0 bridgehead atoms. The molecule has 0 saturated carbocycles. The number of benzene rings is 2. The molecule has 0 amide bonds. The average Bonchev–Trinajstić information content (AvgIpc) is 3.07. The highest BCUT2D eigenvalue weighted by Gasteiger charge is 2.15. The van der Waals surface area contributed by atoms with Crippen molar-refractivity contribution in [3.63, 3.8) is 0 Å². The predicted molar refractivity (Wildman–Crippen MR) is 107 cm³/mol. The van der Waals surface area contributed by atoms with Crippen LogP contribution < -0.4 is 15.3 Å². The number of nitrogen functional groups attached to an aromatic ring is 1. The van der Waals surface area contributed by atoms with Gasteiger partial charge in [0.05, 0.1) is 12.0 Å². The monoisotopic (exact) mass is 460 g/mol. The summed E-state index contributed by atoms with van der Waals surface area (Å²) in [5, 5.41) is 8.50. The van der Waals surface area contributed by atoms with Gasteiger partial charge in [0.1, 0.15) is 11.5 Å². The molecule has 3 rings (SSSR count). The molecule has 0 aliphatic heterocycles. The van der Waals surface area contributed by atoms with Crippen molar-refractivity contribution < 1.29 is 27.0 Å². The molecular formula is C18H16F4N4O2S2. The van der Waals surface area contributed by atoms with Crippen LogP contribution in [0.15, 0.2) is 52.5 Å². The second-order valence-electron chi connectivity index (χ2n) is 5.73. The number of hydrogen-bond donors (Lipinski definition) is 1. The SMILES string of the molecule is COc1cc(CSc2nnc(-c3ccc(OC(F)F)cc3)n2N)ccc1SC(F)F. The number of nitrogens with zero attached hydrogens (tertiary/aromatic N) is 3. The molecule has 1 aromatic heterocycles. The van der Waals surface area contributed by atoms with Gasteiger partial charge in [0.2, 0.25) is 5.16 Å². The van der Waals surface area contributed by atoms with E-state index in [4.69, 9.17) is 10.6 Å². The molecule has 0 aliphatic carbocycles. The zero-order chi connectivity index (χ0) is 21.7. The van der Waals surface area contributed by atoms with Crippen LogP contribution in [0.25, 0.3) is 11.4 Å². The molecule has 0 aliphatic rings. The highest BCUT2D eigenvalue weighted by molar-refractivity contribution is 7.99. The first kappa shape index (κ1) is 22.1. The number of hydrogen-bond acceptors (Lipinski definition) is 7. The van der Waals surface area contributed by atoms with E-state index in [1.165, 1.54) is 35.7 Å². The summed E-state index contributed by atoms with van der Waals surface area (Å²) in [5.74, 6) is 4.71. The molecule has 30 heavy (non-hydrogen) atoms. The summed E-state index contributed by atoms with van der Waals surface area (Å²) < 4.78 is 60.5. The van der Waals surface area contributed by atoms with Gasteiger partial charge in [0, 0.05) is 11.3 Å². The van der Waals surface area contributed by atoms with Gasteiger partial charge < -0.3 is 15.3 Å². The predicted octanol–water partition coefficient (Wildman–Crippen LogP) is 4.88. The Hall–Kier alpha value is -2.60. The van der Waals surface area contributed by atoms with E-state index < -0.39 is 12.4 Å². The summed E-state index contributed by atoms with van der Waals surface area (Å²) in [7, 11) is 1.42. The first-order valence-corrected chi connectivity index (χ1v) is 10.2. The van der Waals surface area contributed by atoms with Gasteiger partial charge in [-0.1, -0.05) is 29.6 Å². The van der Waals surface area contributed by atoms with Crippen molar-refractivity contribution >= 4 is 23.5 Å². The molecule has 0 saturated heterocycles. The van der Waals surface area contributed by atoms with Gasteiger partial charge in [-0.05, 0) is 42.0 Å². The third-order valence-electron chi connectivity index (χ3n) is 3.81. The Morgan fingerprint density at radius 1 is 1.07 bits per heavy atom. The van der Waals surface area contributed by atoms with Crippen molar-refractivity contribution in [3.8, 4) is 22.9 Å². The van der Waals surface area contributed by atoms with E-state index >= 15 is 0 Å². The molecule has 0 radical (unpaired) electrons. The topological polar surface area (TPSA) is 75.2 Å². The maximum Gasteiger partial charge on any atom is 0.387 e. The number of alkyl halides is 4. The van der Waals surface area contributed by atoms with Gasteiger partial charge in [-0.15, -0.1) is 10.2 Å². The lowest BCUT2D eigenvalue weighted by Gasteiger charge is -2.10. The largest absolute Gasteiger partial charge is 0.496 e. The van der Waals surface area contributed by atoms with Gasteiger partial charge in [-0.3, -0.25) is 0 Å². The lowest BCUT2D eigenvalue weighted by Crippen LogP contribution is -2.11. The molecule has 0 fully saturated rings. The summed E-state index contributed by atoms with van der Waals surface area (Å²) in [6.07, 6.45) is 0. The van der Waals surface area contributed by atoms with Gasteiger partial charge in [-0.2, -0.15) is 17.6 Å². The second kappa shape index (κ2) is 9.94. The number of aromatic nitrogens is 3. The Morgan fingerprint density at radius 3 is 2.43 bits per heavy atom. The fourth-order valence-corrected chi connectivity index (χ4v) is 3.90. The van der Waals surface area contributed by atoms with Gasteiger partial charge in [-0.25, -0.2) is 4.68 Å². The second-order valence-corrected chi connectivity index (χ2v) is 7.71. The van der Waals surface area contributed by atoms with Crippen LogP contribution in [0.2, 0.25) is 0 Å². The molecule has 3 aromatic rings. The summed E-state index contributed by atoms with van der Waals surface area (Å²) in [6, 6.07) is 10.8. The van der Waals surface area contributed by atoms with Gasteiger partial charge >= 0.3 is 6.61 Å². The number of halogens is 4. The molecule has 2 N–H and O–H groups in total. The minimum atomic E-state index is -2.90. The number of ether oxygens (including phenoxy) is 2. The molecule has 0 spiro atoms. The molecule has 1 heterocycles. The maximum absolute atomic E-state index is 12.6. The molecule has 2 aromatic carbocycles. The van der Waals surface area contributed by atoms with E-state index in [2.05, 4.69) is 14.9 Å². The maximum atomic E-state index is 12.6. The van der Waals surface area contributed by atoms with Crippen LogP contribution in [0.5, 0.6) is 11.5 Å². The summed E-state index contributed by atoms with van der Waals surface area (Å²) in [4.78, 5) is 0.352. The van der Waals surface area contributed by atoms with Crippen molar-refractivity contribution in [3.05, 3.63) is 48.0 Å². The third kappa shape index (κ3) is 5.51. The fourth-order valence-electron chi connectivity index (χ4n) is 2.50. The Morgan fingerprint density at radius 2 is 1.80 bits per heavy atom. The Balaban J connectivity index is 1.69. The summed E-state index contributed by atoms with van der Waals surface area (Å²) >= 11 is 1.71. The highest BCUT2D eigenvalue weighted by Crippen LogP contribution is 2.35. The first-order valence-electron chi connectivity index (χ1n) is 8.37. The molecule has 0 atom stereocenters. The third-order valence-corrected chi connectivity index (χ3v) is 5.60. The zero-order valence-corrected chi connectivity index (χ0v) is 17.1. The van der Waals surface area contributed by atoms with Crippen molar-refractivity contribution in [2.75, 3.05) is 13.0 Å². The van der Waals surface area contributed by atoms with Gasteiger partial charge in [0.15, 0.2) is 5.82 Å². The first-order chi connectivity index (χ1) is 14.4. The van der Waals surface area contributed by atoms with Crippen LogP contribution in [-0.4, -0.2) is 34.4 Å². The lowest BCUT2D eigenvalue weighted by molar-refractivity contribution is -0.0498. The Labute approximate surface area is 177 Å². The number of thioether (sulfide) groups is 2. The van der Waals surface area contributed by atoms with Crippen molar-refractivity contribution in [1.82, 2.24) is 14.9 Å². The van der Waals surface area contributed by atoms with Crippen molar-refractivity contribution in [2.45, 2.75) is 28.2 Å². The van der Waals surface area contributed by atoms with E-state index in [0.717, 1.165) is 5.56 Å². The van der Waals surface area contributed by atoms with E-state index in [1.54, 1.807) is 30.3 Å². The number of rotatable bonds is 9. The average molecular weight is 460 g/mol. The molecule has 12 heteroatoms. The van der Waals surface area contributed by atoms with Crippen LogP contribution in [0.1, 0.15) is 5.56 Å². The quantitative estimate of drug-likeness (QED) is 0.277. The molecule has 6 nitrogen and oxygen atoms in total. The van der Waals surface area contributed by atoms with Gasteiger partial charge in [0.25, 0.3) is 5.76 Å². The van der Waals surface area contributed by atoms with Crippen LogP contribution >= 0.6 is 23.5 Å². The standard InChI is InChI=1S/C18H16F4N4O2S2/c1-27-13-8-10(2-7-14(13)30-17(21)22)9-29-18-25-24-15(26(18)23)11-3-5-12(6-4-11)28-16(19)20/h2-8,16-17H,9,23H2,1H3. The fraction of sp³-hybridized carbons (Fsp3) is 0.222.